The molecule has 1 aliphatic rings. The predicted octanol–water partition coefficient (Wildman–Crippen LogP) is 1.96. The fraction of sp³-hybridized carbons (Fsp3) is 0.583. The summed E-state index contributed by atoms with van der Waals surface area (Å²) in [4.78, 5) is 4.34. The summed E-state index contributed by atoms with van der Waals surface area (Å²) in [7, 11) is 0. The third-order valence-corrected chi connectivity index (χ3v) is 2.94. The molecule has 1 saturated heterocycles. The second-order valence-corrected chi connectivity index (χ2v) is 4.18. The highest BCUT2D eigenvalue weighted by Crippen LogP contribution is 2.23. The van der Waals surface area contributed by atoms with Gasteiger partial charge >= 0.3 is 0 Å². The number of aromatic nitrogens is 1. The first-order valence-corrected chi connectivity index (χ1v) is 5.56. The first-order valence-electron chi connectivity index (χ1n) is 5.56. The molecule has 0 spiro atoms. The zero-order valence-corrected chi connectivity index (χ0v) is 9.15. The Kier molecular flexibility index (Phi) is 3.34. The molecule has 1 fully saturated rings. The van der Waals surface area contributed by atoms with Gasteiger partial charge in [-0.25, -0.2) is 0 Å². The number of aryl methyl sites for hydroxylation is 1. The van der Waals surface area contributed by atoms with Gasteiger partial charge in [0.2, 0.25) is 0 Å². The number of hydrogen-bond acceptors (Lipinski definition) is 3. The summed E-state index contributed by atoms with van der Waals surface area (Å²) in [6.07, 6.45) is 5.33. The van der Waals surface area contributed by atoms with Crippen molar-refractivity contribution in [3.8, 4) is 0 Å². The van der Waals surface area contributed by atoms with Crippen LogP contribution in [-0.2, 0) is 4.74 Å². The van der Waals surface area contributed by atoms with Gasteiger partial charge < -0.3 is 10.5 Å². The minimum absolute atomic E-state index is 0.00861. The monoisotopic (exact) mass is 206 g/mol. The predicted molar refractivity (Wildman–Crippen MR) is 59.5 cm³/mol. The Balaban J connectivity index is 2.00. The zero-order chi connectivity index (χ0) is 10.7. The second-order valence-electron chi connectivity index (χ2n) is 4.18. The van der Waals surface area contributed by atoms with Crippen LogP contribution in [0.3, 0.4) is 0 Å². The Labute approximate surface area is 90.7 Å². The first-order chi connectivity index (χ1) is 7.27. The highest BCUT2D eigenvalue weighted by molar-refractivity contribution is 5.20. The Hall–Kier alpha value is -0.930. The SMILES string of the molecule is Cc1cccnc1C(N)CC1CCCO1. The van der Waals surface area contributed by atoms with E-state index in [2.05, 4.69) is 18.0 Å². The smallest absolute Gasteiger partial charge is 0.0601 e. The van der Waals surface area contributed by atoms with Crippen molar-refractivity contribution in [3.63, 3.8) is 0 Å². The molecule has 3 heteroatoms. The van der Waals surface area contributed by atoms with Crippen molar-refractivity contribution in [1.82, 2.24) is 4.98 Å². The molecular formula is C12H18N2O. The van der Waals surface area contributed by atoms with Crippen molar-refractivity contribution in [2.45, 2.75) is 38.3 Å². The molecule has 0 bridgehead atoms. The van der Waals surface area contributed by atoms with Gasteiger partial charge in [0.1, 0.15) is 0 Å². The van der Waals surface area contributed by atoms with Crippen molar-refractivity contribution in [1.29, 1.82) is 0 Å². The van der Waals surface area contributed by atoms with E-state index in [4.69, 9.17) is 10.5 Å². The number of hydrogen-bond donors (Lipinski definition) is 1. The van der Waals surface area contributed by atoms with Gasteiger partial charge in [-0.3, -0.25) is 4.98 Å². The molecule has 3 nitrogen and oxygen atoms in total. The van der Waals surface area contributed by atoms with Crippen LogP contribution in [0.25, 0.3) is 0 Å². The average Bonchev–Trinajstić information content (AvgIpc) is 2.71. The minimum atomic E-state index is 0.00861. The lowest BCUT2D eigenvalue weighted by molar-refractivity contribution is 0.0979. The van der Waals surface area contributed by atoms with E-state index in [0.717, 1.165) is 25.1 Å². The first kappa shape index (κ1) is 10.6. The number of rotatable bonds is 3. The van der Waals surface area contributed by atoms with Crippen LogP contribution in [-0.4, -0.2) is 17.7 Å². The number of nitrogens with two attached hydrogens (primary N) is 1. The summed E-state index contributed by atoms with van der Waals surface area (Å²) in [5.41, 5.74) is 8.31. The summed E-state index contributed by atoms with van der Waals surface area (Å²) in [6, 6.07) is 4.00. The van der Waals surface area contributed by atoms with Crippen LogP contribution in [0.5, 0.6) is 0 Å². The standard InChI is InChI=1S/C12H18N2O/c1-9-4-2-6-14-12(9)11(13)8-10-5-3-7-15-10/h2,4,6,10-11H,3,5,7-8,13H2,1H3. The van der Waals surface area contributed by atoms with Crippen LogP contribution in [0, 0.1) is 6.92 Å². The molecule has 1 aromatic rings. The van der Waals surface area contributed by atoms with E-state index in [1.807, 2.05) is 6.07 Å². The zero-order valence-electron chi connectivity index (χ0n) is 9.15. The average molecular weight is 206 g/mol. The van der Waals surface area contributed by atoms with E-state index in [1.54, 1.807) is 6.20 Å². The van der Waals surface area contributed by atoms with Gasteiger partial charge in [-0.15, -0.1) is 0 Å². The van der Waals surface area contributed by atoms with Gasteiger partial charge in [0.25, 0.3) is 0 Å². The van der Waals surface area contributed by atoms with E-state index in [9.17, 15) is 0 Å². The summed E-state index contributed by atoms with van der Waals surface area (Å²) in [5, 5.41) is 0. The van der Waals surface area contributed by atoms with E-state index in [0.29, 0.717) is 6.10 Å². The Bertz CT molecular complexity index is 321. The minimum Gasteiger partial charge on any atom is -0.378 e. The lowest BCUT2D eigenvalue weighted by Crippen LogP contribution is -2.20. The Morgan fingerprint density at radius 3 is 3.20 bits per heavy atom. The Morgan fingerprint density at radius 1 is 1.67 bits per heavy atom. The van der Waals surface area contributed by atoms with Crippen LogP contribution in [0.15, 0.2) is 18.3 Å². The van der Waals surface area contributed by atoms with Crippen molar-refractivity contribution in [2.75, 3.05) is 6.61 Å². The van der Waals surface area contributed by atoms with Crippen molar-refractivity contribution in [3.05, 3.63) is 29.6 Å². The fourth-order valence-corrected chi connectivity index (χ4v) is 2.11. The van der Waals surface area contributed by atoms with E-state index in [1.165, 1.54) is 12.0 Å². The highest BCUT2D eigenvalue weighted by atomic mass is 16.5. The quantitative estimate of drug-likeness (QED) is 0.822. The van der Waals surface area contributed by atoms with Gasteiger partial charge in [0.05, 0.1) is 11.8 Å². The van der Waals surface area contributed by atoms with Crippen LogP contribution >= 0.6 is 0 Å². The number of nitrogens with zero attached hydrogens (tertiary/aromatic N) is 1. The normalized spacial score (nSPS) is 22.9. The molecule has 2 heterocycles. The van der Waals surface area contributed by atoms with Crippen LogP contribution in [0.1, 0.15) is 36.6 Å². The molecule has 0 saturated carbocycles. The largest absolute Gasteiger partial charge is 0.378 e. The molecule has 2 N–H and O–H groups in total. The number of ether oxygens (including phenoxy) is 1. The maximum absolute atomic E-state index is 6.13. The van der Waals surface area contributed by atoms with Crippen LogP contribution in [0.2, 0.25) is 0 Å². The summed E-state index contributed by atoms with van der Waals surface area (Å²) in [6.45, 7) is 2.94. The molecule has 1 aromatic heterocycles. The number of pyridine rings is 1. The molecule has 2 rings (SSSR count). The lowest BCUT2D eigenvalue weighted by Gasteiger charge is -2.17. The fourth-order valence-electron chi connectivity index (χ4n) is 2.11. The van der Waals surface area contributed by atoms with Crippen molar-refractivity contribution in [2.24, 2.45) is 5.73 Å². The molecule has 1 aliphatic heterocycles. The van der Waals surface area contributed by atoms with Crippen molar-refractivity contribution >= 4 is 0 Å². The molecule has 0 aromatic carbocycles. The third kappa shape index (κ3) is 2.55. The summed E-state index contributed by atoms with van der Waals surface area (Å²) < 4.78 is 5.58. The molecule has 0 radical (unpaired) electrons. The van der Waals surface area contributed by atoms with Crippen LogP contribution in [0.4, 0.5) is 0 Å². The molecule has 2 unspecified atom stereocenters. The second kappa shape index (κ2) is 4.73. The van der Waals surface area contributed by atoms with Crippen LogP contribution < -0.4 is 5.73 Å². The summed E-state index contributed by atoms with van der Waals surface area (Å²) >= 11 is 0. The van der Waals surface area contributed by atoms with Gasteiger partial charge in [0, 0.05) is 18.8 Å². The van der Waals surface area contributed by atoms with E-state index < -0.39 is 0 Å². The molecule has 82 valence electrons. The molecule has 0 aliphatic carbocycles. The van der Waals surface area contributed by atoms with Gasteiger partial charge in [0.15, 0.2) is 0 Å². The van der Waals surface area contributed by atoms with Gasteiger partial charge in [-0.1, -0.05) is 6.07 Å². The third-order valence-electron chi connectivity index (χ3n) is 2.94. The molecular weight excluding hydrogens is 188 g/mol. The maximum atomic E-state index is 6.13. The summed E-state index contributed by atoms with van der Waals surface area (Å²) in [5.74, 6) is 0. The lowest BCUT2D eigenvalue weighted by atomic mass is 10.0. The van der Waals surface area contributed by atoms with E-state index >= 15 is 0 Å². The molecule has 15 heavy (non-hydrogen) atoms. The Morgan fingerprint density at radius 2 is 2.53 bits per heavy atom. The van der Waals surface area contributed by atoms with E-state index in [-0.39, 0.29) is 6.04 Å². The highest BCUT2D eigenvalue weighted by Gasteiger charge is 2.20. The van der Waals surface area contributed by atoms with Gasteiger partial charge in [-0.2, -0.15) is 0 Å². The topological polar surface area (TPSA) is 48.1 Å². The molecule has 0 amide bonds. The van der Waals surface area contributed by atoms with Crippen molar-refractivity contribution < 1.29 is 4.74 Å². The maximum Gasteiger partial charge on any atom is 0.0601 e. The van der Waals surface area contributed by atoms with Gasteiger partial charge in [-0.05, 0) is 37.8 Å². The molecule has 2 atom stereocenters.